The van der Waals surface area contributed by atoms with E-state index in [1.807, 2.05) is 11.6 Å². The minimum atomic E-state index is 0.301. The lowest BCUT2D eigenvalue weighted by Crippen LogP contribution is -2.10. The molecule has 0 atom stereocenters. The Bertz CT molecular complexity index is 583. The van der Waals surface area contributed by atoms with Crippen molar-refractivity contribution < 1.29 is 0 Å². The Morgan fingerprint density at radius 1 is 1.10 bits per heavy atom. The van der Waals surface area contributed by atoms with Gasteiger partial charge in [0.2, 0.25) is 5.95 Å². The number of nitrogens with zero attached hydrogens (tertiary/aromatic N) is 5. The van der Waals surface area contributed by atoms with E-state index in [1.54, 1.807) is 12.5 Å². The van der Waals surface area contributed by atoms with Gasteiger partial charge in [-0.3, -0.25) is 0 Å². The number of aryl methyl sites for hydroxylation is 1. The van der Waals surface area contributed by atoms with E-state index in [1.165, 1.54) is 25.7 Å². The minimum Gasteiger partial charge on any atom is -0.368 e. The average Bonchev–Trinajstić information content (AvgIpc) is 2.70. The van der Waals surface area contributed by atoms with E-state index in [0.29, 0.717) is 17.7 Å². The van der Waals surface area contributed by atoms with Gasteiger partial charge in [0.1, 0.15) is 11.5 Å². The highest BCUT2D eigenvalue weighted by Crippen LogP contribution is 2.30. The fraction of sp³-hybridized carbons (Fsp3) is 0.571. The summed E-state index contributed by atoms with van der Waals surface area (Å²) in [7, 11) is 1.92. The summed E-state index contributed by atoms with van der Waals surface area (Å²) in [5.41, 5.74) is 6.74. The summed E-state index contributed by atoms with van der Waals surface area (Å²) >= 11 is 0. The third-order valence-corrected chi connectivity index (χ3v) is 3.94. The van der Waals surface area contributed by atoms with Crippen LogP contribution in [0.15, 0.2) is 12.5 Å². The van der Waals surface area contributed by atoms with Crippen LogP contribution in [0.3, 0.4) is 0 Å². The molecule has 2 heterocycles. The quantitative estimate of drug-likeness (QED) is 0.848. The topological polar surface area (TPSA) is 82.5 Å². The van der Waals surface area contributed by atoms with Crippen LogP contribution in [0.4, 0.5) is 5.95 Å². The van der Waals surface area contributed by atoms with Crippen LogP contribution in [0.2, 0.25) is 0 Å². The number of nitrogens with two attached hydrogens (primary N) is 1. The van der Waals surface area contributed by atoms with Gasteiger partial charge in [-0.15, -0.1) is 0 Å². The van der Waals surface area contributed by atoms with Crippen molar-refractivity contribution in [2.75, 3.05) is 5.73 Å². The van der Waals surface area contributed by atoms with E-state index in [4.69, 9.17) is 5.73 Å². The van der Waals surface area contributed by atoms with Gasteiger partial charge in [-0.2, -0.15) is 9.97 Å². The summed E-state index contributed by atoms with van der Waals surface area (Å²) in [5.74, 6) is 2.18. The third-order valence-electron chi connectivity index (χ3n) is 3.94. The molecule has 6 nitrogen and oxygen atoms in total. The average molecular weight is 272 g/mol. The molecule has 1 saturated carbocycles. The summed E-state index contributed by atoms with van der Waals surface area (Å²) in [6.07, 6.45) is 10.9. The normalized spacial score (nSPS) is 17.1. The van der Waals surface area contributed by atoms with Crippen molar-refractivity contribution in [1.82, 2.24) is 24.5 Å². The van der Waals surface area contributed by atoms with Crippen molar-refractivity contribution in [3.8, 4) is 11.5 Å². The predicted molar refractivity (Wildman–Crippen MR) is 76.9 cm³/mol. The molecule has 3 rings (SSSR count). The monoisotopic (exact) mass is 272 g/mol. The molecule has 1 aliphatic rings. The zero-order valence-corrected chi connectivity index (χ0v) is 11.8. The first-order valence-electron chi connectivity index (χ1n) is 7.22. The largest absolute Gasteiger partial charge is 0.368 e. The molecule has 2 aromatic heterocycles. The standard InChI is InChI=1S/C14H20N6/c1-20-9-16-8-11(20)13-17-12(18-14(15)19-13)10-6-4-2-3-5-7-10/h8-10H,2-7H2,1H3,(H2,15,17,18,19). The summed E-state index contributed by atoms with van der Waals surface area (Å²) in [5, 5.41) is 0. The Morgan fingerprint density at radius 3 is 2.50 bits per heavy atom. The molecule has 0 amide bonds. The molecule has 2 N–H and O–H groups in total. The van der Waals surface area contributed by atoms with Crippen LogP contribution in [0.1, 0.15) is 50.3 Å². The molecule has 0 aliphatic heterocycles. The molecule has 0 saturated heterocycles. The number of rotatable bonds is 2. The molecule has 0 unspecified atom stereocenters. The van der Waals surface area contributed by atoms with Crippen molar-refractivity contribution in [1.29, 1.82) is 0 Å². The molecule has 106 valence electrons. The van der Waals surface area contributed by atoms with Gasteiger partial charge in [-0.05, 0) is 12.8 Å². The summed E-state index contributed by atoms with van der Waals surface area (Å²) in [4.78, 5) is 17.4. The molecule has 0 spiro atoms. The van der Waals surface area contributed by atoms with Crippen LogP contribution in [0.5, 0.6) is 0 Å². The second-order valence-corrected chi connectivity index (χ2v) is 5.45. The smallest absolute Gasteiger partial charge is 0.223 e. The SMILES string of the molecule is Cn1cncc1-c1nc(N)nc(C2CCCCCC2)n1. The third kappa shape index (κ3) is 2.64. The summed E-state index contributed by atoms with van der Waals surface area (Å²) < 4.78 is 1.89. The van der Waals surface area contributed by atoms with E-state index in [0.717, 1.165) is 24.4 Å². The molecule has 1 aliphatic carbocycles. The number of anilines is 1. The molecule has 0 bridgehead atoms. The highest BCUT2D eigenvalue weighted by Gasteiger charge is 2.19. The van der Waals surface area contributed by atoms with Crippen LogP contribution in [0, 0.1) is 0 Å². The molecule has 20 heavy (non-hydrogen) atoms. The molecular weight excluding hydrogens is 252 g/mol. The minimum absolute atomic E-state index is 0.301. The molecule has 1 fully saturated rings. The molecule has 0 radical (unpaired) electrons. The van der Waals surface area contributed by atoms with Crippen molar-refractivity contribution in [2.45, 2.75) is 44.4 Å². The Kier molecular flexibility index (Phi) is 3.62. The highest BCUT2D eigenvalue weighted by atomic mass is 15.1. The fourth-order valence-electron chi connectivity index (χ4n) is 2.82. The highest BCUT2D eigenvalue weighted by molar-refractivity contribution is 5.49. The Hall–Kier alpha value is -1.98. The number of hydrogen-bond donors (Lipinski definition) is 1. The molecule has 6 heteroatoms. The molecule has 2 aromatic rings. The molecule has 0 aromatic carbocycles. The van der Waals surface area contributed by atoms with Gasteiger partial charge in [-0.25, -0.2) is 9.97 Å². The zero-order valence-electron chi connectivity index (χ0n) is 11.8. The Labute approximate surface area is 118 Å². The lowest BCUT2D eigenvalue weighted by Gasteiger charge is -2.13. The van der Waals surface area contributed by atoms with Crippen molar-refractivity contribution >= 4 is 5.95 Å². The maximum Gasteiger partial charge on any atom is 0.223 e. The number of aromatic nitrogens is 5. The number of hydrogen-bond acceptors (Lipinski definition) is 5. The first kappa shape index (κ1) is 13.0. The van der Waals surface area contributed by atoms with Crippen molar-refractivity contribution in [3.63, 3.8) is 0 Å². The number of nitrogen functional groups attached to an aromatic ring is 1. The van der Waals surface area contributed by atoms with Crippen LogP contribution >= 0.6 is 0 Å². The maximum atomic E-state index is 5.87. The second-order valence-electron chi connectivity index (χ2n) is 5.45. The van der Waals surface area contributed by atoms with E-state index in [2.05, 4.69) is 19.9 Å². The van der Waals surface area contributed by atoms with Gasteiger partial charge in [0, 0.05) is 13.0 Å². The first-order valence-corrected chi connectivity index (χ1v) is 7.22. The lowest BCUT2D eigenvalue weighted by atomic mass is 9.99. The van der Waals surface area contributed by atoms with Crippen molar-refractivity contribution in [2.24, 2.45) is 7.05 Å². The van der Waals surface area contributed by atoms with Gasteiger partial charge < -0.3 is 10.3 Å². The van der Waals surface area contributed by atoms with Crippen LogP contribution in [-0.2, 0) is 7.05 Å². The van der Waals surface area contributed by atoms with Gasteiger partial charge in [0.25, 0.3) is 0 Å². The molecular formula is C14H20N6. The lowest BCUT2D eigenvalue weighted by molar-refractivity contribution is 0.559. The Balaban J connectivity index is 1.96. The van der Waals surface area contributed by atoms with Crippen molar-refractivity contribution in [3.05, 3.63) is 18.3 Å². The maximum absolute atomic E-state index is 5.87. The zero-order chi connectivity index (χ0) is 13.9. The van der Waals surface area contributed by atoms with E-state index in [9.17, 15) is 0 Å². The summed E-state index contributed by atoms with van der Waals surface area (Å²) in [6.45, 7) is 0. The van der Waals surface area contributed by atoms with Gasteiger partial charge in [0.05, 0.1) is 12.5 Å². The predicted octanol–water partition coefficient (Wildman–Crippen LogP) is 2.29. The van der Waals surface area contributed by atoms with E-state index in [-0.39, 0.29) is 0 Å². The summed E-state index contributed by atoms with van der Waals surface area (Å²) in [6, 6.07) is 0. The van der Waals surface area contributed by atoms with E-state index >= 15 is 0 Å². The van der Waals surface area contributed by atoms with Crippen LogP contribution < -0.4 is 5.73 Å². The second kappa shape index (κ2) is 5.56. The Morgan fingerprint density at radius 2 is 1.85 bits per heavy atom. The first-order chi connectivity index (χ1) is 9.74. The number of imidazole rings is 1. The van der Waals surface area contributed by atoms with Crippen LogP contribution in [-0.4, -0.2) is 24.5 Å². The van der Waals surface area contributed by atoms with Crippen LogP contribution in [0.25, 0.3) is 11.5 Å². The van der Waals surface area contributed by atoms with Gasteiger partial charge in [-0.1, -0.05) is 25.7 Å². The fourth-order valence-corrected chi connectivity index (χ4v) is 2.82. The van der Waals surface area contributed by atoms with Gasteiger partial charge in [0.15, 0.2) is 5.82 Å². The van der Waals surface area contributed by atoms with Gasteiger partial charge >= 0.3 is 0 Å². The van der Waals surface area contributed by atoms with E-state index < -0.39 is 0 Å².